The minimum absolute atomic E-state index is 0.0531. The third-order valence-electron chi connectivity index (χ3n) is 5.50. The number of rotatable bonds is 4. The van der Waals surface area contributed by atoms with Gasteiger partial charge in [-0.05, 0) is 37.5 Å². The van der Waals surface area contributed by atoms with Crippen molar-refractivity contribution in [2.24, 2.45) is 5.41 Å². The number of anilines is 1. The summed E-state index contributed by atoms with van der Waals surface area (Å²) < 4.78 is 5.19. The topological polar surface area (TPSA) is 84.2 Å². The van der Waals surface area contributed by atoms with Gasteiger partial charge in [0.05, 0.1) is 17.4 Å². The Morgan fingerprint density at radius 1 is 1.37 bits per heavy atom. The number of fused-ring (bicyclic) bond motifs is 1. The highest BCUT2D eigenvalue weighted by Gasteiger charge is 2.35. The Balaban J connectivity index is 1.59. The zero-order valence-electron chi connectivity index (χ0n) is 16.3. The largest absolute Gasteiger partial charge is 0.351 e. The first-order valence-corrected chi connectivity index (χ1v) is 9.82. The van der Waals surface area contributed by atoms with Crippen molar-refractivity contribution in [1.82, 2.24) is 20.4 Å². The number of hydrogen-bond acceptors (Lipinski definition) is 6. The number of amides is 1. The minimum Gasteiger partial charge on any atom is -0.351 e. The van der Waals surface area contributed by atoms with Crippen LogP contribution in [0.3, 0.4) is 0 Å². The highest BCUT2D eigenvalue weighted by Crippen LogP contribution is 2.40. The molecule has 2 aliphatic rings. The molecular formula is C20H27N5O2. The van der Waals surface area contributed by atoms with E-state index in [2.05, 4.69) is 34.2 Å². The molecule has 1 aliphatic carbocycles. The second-order valence-electron chi connectivity index (χ2n) is 8.37. The molecule has 4 rings (SSSR count). The van der Waals surface area contributed by atoms with Crippen LogP contribution in [-0.4, -0.2) is 34.1 Å². The summed E-state index contributed by atoms with van der Waals surface area (Å²) in [6, 6.07) is 1.58. The van der Waals surface area contributed by atoms with Gasteiger partial charge in [0.25, 0.3) is 5.91 Å². The highest BCUT2D eigenvalue weighted by atomic mass is 16.5. The van der Waals surface area contributed by atoms with E-state index in [0.29, 0.717) is 0 Å². The Kier molecular flexibility index (Phi) is 4.61. The standard InChI is InChI=1S/C20H27N5O2/c1-4-13-9-17(27-24-13)18(26)22-15-10-20(2,3)11-16-14(15)12-21-19(23-16)25-7-5-6-8-25/h9,12,15H,4-8,10-11H2,1-3H3,(H,22,26). The van der Waals surface area contributed by atoms with E-state index in [9.17, 15) is 4.79 Å². The molecule has 0 radical (unpaired) electrons. The van der Waals surface area contributed by atoms with Crippen molar-refractivity contribution < 1.29 is 9.32 Å². The fourth-order valence-electron chi connectivity index (χ4n) is 4.05. The molecule has 0 bridgehead atoms. The average molecular weight is 369 g/mol. The average Bonchev–Trinajstić information content (AvgIpc) is 3.32. The van der Waals surface area contributed by atoms with Crippen molar-refractivity contribution in [2.45, 2.75) is 58.9 Å². The van der Waals surface area contributed by atoms with Gasteiger partial charge in [0, 0.05) is 30.9 Å². The molecule has 3 heterocycles. The van der Waals surface area contributed by atoms with E-state index in [-0.39, 0.29) is 23.1 Å². The maximum atomic E-state index is 12.6. The predicted molar refractivity (Wildman–Crippen MR) is 102 cm³/mol. The normalized spacial score (nSPS) is 21.1. The number of aryl methyl sites for hydroxylation is 1. The molecule has 144 valence electrons. The zero-order chi connectivity index (χ0) is 19.0. The second-order valence-corrected chi connectivity index (χ2v) is 8.37. The smallest absolute Gasteiger partial charge is 0.290 e. The van der Waals surface area contributed by atoms with Crippen LogP contribution in [0.25, 0.3) is 0 Å². The summed E-state index contributed by atoms with van der Waals surface area (Å²) in [6.07, 6.45) is 6.76. The lowest BCUT2D eigenvalue weighted by molar-refractivity contribution is 0.0881. The van der Waals surface area contributed by atoms with E-state index in [0.717, 1.165) is 55.3 Å². The summed E-state index contributed by atoms with van der Waals surface area (Å²) in [5.41, 5.74) is 2.89. The van der Waals surface area contributed by atoms with Gasteiger partial charge in [-0.15, -0.1) is 0 Å². The summed E-state index contributed by atoms with van der Waals surface area (Å²) in [7, 11) is 0. The molecule has 7 nitrogen and oxygen atoms in total. The monoisotopic (exact) mass is 369 g/mol. The lowest BCUT2D eigenvalue weighted by Crippen LogP contribution is -2.37. The second kappa shape index (κ2) is 6.94. The van der Waals surface area contributed by atoms with E-state index < -0.39 is 0 Å². The number of aromatic nitrogens is 3. The van der Waals surface area contributed by atoms with Gasteiger partial charge < -0.3 is 14.7 Å². The van der Waals surface area contributed by atoms with Gasteiger partial charge in [-0.2, -0.15) is 0 Å². The maximum Gasteiger partial charge on any atom is 0.290 e. The summed E-state index contributed by atoms with van der Waals surface area (Å²) in [5, 5.41) is 7.02. The van der Waals surface area contributed by atoms with Gasteiger partial charge in [0.2, 0.25) is 11.7 Å². The van der Waals surface area contributed by atoms with Crippen LogP contribution in [0.1, 0.15) is 73.6 Å². The molecule has 1 saturated heterocycles. The lowest BCUT2D eigenvalue weighted by Gasteiger charge is -2.36. The SMILES string of the molecule is CCc1cc(C(=O)NC2CC(C)(C)Cc3nc(N4CCCC4)ncc32)on1. The van der Waals surface area contributed by atoms with Crippen LogP contribution >= 0.6 is 0 Å². The third kappa shape index (κ3) is 3.68. The molecule has 2 aromatic rings. The first-order chi connectivity index (χ1) is 12.9. The Hall–Kier alpha value is -2.44. The molecule has 2 aromatic heterocycles. The van der Waals surface area contributed by atoms with Gasteiger partial charge in [0.1, 0.15) is 0 Å². The number of nitrogens with zero attached hydrogens (tertiary/aromatic N) is 4. The van der Waals surface area contributed by atoms with Crippen molar-refractivity contribution in [3.63, 3.8) is 0 Å². The van der Waals surface area contributed by atoms with Gasteiger partial charge in [-0.25, -0.2) is 9.97 Å². The van der Waals surface area contributed by atoms with Crippen molar-refractivity contribution in [3.05, 3.63) is 35.0 Å². The van der Waals surface area contributed by atoms with Crippen LogP contribution in [0.4, 0.5) is 5.95 Å². The van der Waals surface area contributed by atoms with Crippen LogP contribution < -0.4 is 10.2 Å². The van der Waals surface area contributed by atoms with Gasteiger partial charge in [-0.3, -0.25) is 4.79 Å². The van der Waals surface area contributed by atoms with Crippen LogP contribution in [0.15, 0.2) is 16.8 Å². The van der Waals surface area contributed by atoms with E-state index in [1.165, 1.54) is 12.8 Å². The summed E-state index contributed by atoms with van der Waals surface area (Å²) >= 11 is 0. The summed E-state index contributed by atoms with van der Waals surface area (Å²) in [5.74, 6) is 0.836. The van der Waals surface area contributed by atoms with Crippen molar-refractivity contribution in [1.29, 1.82) is 0 Å². The van der Waals surface area contributed by atoms with Crippen molar-refractivity contribution in [2.75, 3.05) is 18.0 Å². The predicted octanol–water partition coefficient (Wildman–Crippen LogP) is 3.07. The Morgan fingerprint density at radius 3 is 2.85 bits per heavy atom. The first kappa shape index (κ1) is 17.9. The number of nitrogens with one attached hydrogen (secondary N) is 1. The van der Waals surface area contributed by atoms with Crippen LogP contribution in [0, 0.1) is 5.41 Å². The van der Waals surface area contributed by atoms with Gasteiger partial charge in [-0.1, -0.05) is 25.9 Å². The van der Waals surface area contributed by atoms with E-state index in [4.69, 9.17) is 9.51 Å². The number of carbonyl (C=O) groups excluding carboxylic acids is 1. The highest BCUT2D eigenvalue weighted by molar-refractivity contribution is 5.91. The molecule has 0 spiro atoms. The van der Waals surface area contributed by atoms with Gasteiger partial charge in [0.15, 0.2) is 0 Å². The quantitative estimate of drug-likeness (QED) is 0.892. The van der Waals surface area contributed by atoms with Gasteiger partial charge >= 0.3 is 0 Å². The Labute approximate surface area is 159 Å². The molecule has 1 atom stereocenters. The molecule has 1 aliphatic heterocycles. The molecule has 7 heteroatoms. The van der Waals surface area contributed by atoms with Crippen LogP contribution in [-0.2, 0) is 12.8 Å². The first-order valence-electron chi connectivity index (χ1n) is 9.82. The summed E-state index contributed by atoms with van der Waals surface area (Å²) in [4.78, 5) is 24.4. The van der Waals surface area contributed by atoms with E-state index >= 15 is 0 Å². The van der Waals surface area contributed by atoms with Crippen LogP contribution in [0.2, 0.25) is 0 Å². The molecular weight excluding hydrogens is 342 g/mol. The fourth-order valence-corrected chi connectivity index (χ4v) is 4.05. The maximum absolute atomic E-state index is 12.6. The molecule has 1 fully saturated rings. The van der Waals surface area contributed by atoms with Crippen molar-refractivity contribution >= 4 is 11.9 Å². The number of hydrogen-bond donors (Lipinski definition) is 1. The van der Waals surface area contributed by atoms with Crippen molar-refractivity contribution in [3.8, 4) is 0 Å². The molecule has 0 aromatic carbocycles. The zero-order valence-corrected chi connectivity index (χ0v) is 16.3. The molecule has 1 N–H and O–H groups in total. The minimum atomic E-state index is -0.237. The van der Waals surface area contributed by atoms with E-state index in [1.807, 2.05) is 13.1 Å². The van der Waals surface area contributed by atoms with E-state index in [1.54, 1.807) is 6.07 Å². The molecule has 27 heavy (non-hydrogen) atoms. The molecule has 1 amide bonds. The van der Waals surface area contributed by atoms with Crippen LogP contribution in [0.5, 0.6) is 0 Å². The lowest BCUT2D eigenvalue weighted by atomic mass is 9.74. The Bertz CT molecular complexity index is 839. The fraction of sp³-hybridized carbons (Fsp3) is 0.600. The summed E-state index contributed by atoms with van der Waals surface area (Å²) in [6.45, 7) is 8.46. The number of carbonyl (C=O) groups is 1. The molecule has 0 saturated carbocycles. The molecule has 1 unspecified atom stereocenters. The Morgan fingerprint density at radius 2 is 2.15 bits per heavy atom. The third-order valence-corrected chi connectivity index (χ3v) is 5.50.